The van der Waals surface area contributed by atoms with Crippen molar-refractivity contribution in [2.75, 3.05) is 6.61 Å². The first kappa shape index (κ1) is 11.8. The van der Waals surface area contributed by atoms with Crippen molar-refractivity contribution in [3.8, 4) is 0 Å². The zero-order valence-electron chi connectivity index (χ0n) is 7.23. The van der Waals surface area contributed by atoms with Gasteiger partial charge in [0, 0.05) is 0 Å². The molecule has 0 atom stereocenters. The Labute approximate surface area is 78.4 Å². The molecule has 0 aliphatic carbocycles. The molecule has 0 fully saturated rings. The third-order valence-corrected chi connectivity index (χ3v) is 0.728. The Morgan fingerprint density at radius 2 is 1.79 bits per heavy atom. The summed E-state index contributed by atoms with van der Waals surface area (Å²) in [5.74, 6) is 0. The predicted molar refractivity (Wildman–Crippen MR) is 40.4 cm³/mol. The number of nitrogens with one attached hydrogen (secondary N) is 2. The van der Waals surface area contributed by atoms with Gasteiger partial charge < -0.3 is 20.1 Å². The number of carbonyl (C=O) groups is 3. The fraction of sp³-hybridized carbons (Fsp3) is 0.400. The fourth-order valence-electron chi connectivity index (χ4n) is 0.357. The number of carbonyl (C=O) groups excluding carboxylic acids is 3. The van der Waals surface area contributed by atoms with Crippen molar-refractivity contribution in [2.24, 2.45) is 5.73 Å². The summed E-state index contributed by atoms with van der Waals surface area (Å²) in [6.07, 6.45) is -2.33. The van der Waals surface area contributed by atoms with Gasteiger partial charge in [-0.25, -0.2) is 9.59 Å². The van der Waals surface area contributed by atoms with Gasteiger partial charge in [0.15, 0.2) is 0 Å². The molecule has 0 aromatic carbocycles. The molecule has 0 heterocycles. The maximum atomic E-state index is 10.5. The van der Waals surface area contributed by atoms with Crippen LogP contribution >= 0.6 is 0 Å². The van der Waals surface area contributed by atoms with Crippen LogP contribution in [0, 0.1) is 0 Å². The van der Waals surface area contributed by atoms with Gasteiger partial charge in [0.25, 0.3) is 0 Å². The molecule has 0 aliphatic rings. The zero-order chi connectivity index (χ0) is 11.0. The second kappa shape index (κ2) is 6.34. The van der Waals surface area contributed by atoms with Gasteiger partial charge in [-0.05, 0) is 6.92 Å². The normalized spacial score (nSPS) is 8.36. The maximum absolute atomic E-state index is 10.5. The lowest BCUT2D eigenvalue weighted by atomic mass is 10.9. The number of hydroxylamine groups is 2. The highest BCUT2D eigenvalue weighted by Crippen LogP contribution is 1.80. The van der Waals surface area contributed by atoms with E-state index < -0.39 is 18.3 Å². The summed E-state index contributed by atoms with van der Waals surface area (Å²) < 4.78 is 4.32. The van der Waals surface area contributed by atoms with Gasteiger partial charge in [0.1, 0.15) is 0 Å². The number of rotatable bonds is 1. The zero-order valence-corrected chi connectivity index (χ0v) is 7.23. The Bertz CT molecular complexity index is 230. The van der Waals surface area contributed by atoms with Crippen LogP contribution in [0.4, 0.5) is 14.4 Å². The molecule has 0 spiro atoms. The molecule has 0 saturated carbocycles. The molecular weight excluding hydrogens is 198 g/mol. The summed E-state index contributed by atoms with van der Waals surface area (Å²) in [6, 6.07) is -1.09. The molecule has 0 saturated heterocycles. The topological polar surface area (TPSA) is 129 Å². The van der Waals surface area contributed by atoms with Gasteiger partial charge in [-0.3, -0.25) is 0 Å². The molecule has 80 valence electrons. The predicted octanol–water partition coefficient (Wildman–Crippen LogP) is -0.616. The van der Waals surface area contributed by atoms with E-state index in [0.717, 1.165) is 0 Å². The summed E-state index contributed by atoms with van der Waals surface area (Å²) in [4.78, 5) is 38.8. The molecule has 0 aliphatic heterocycles. The molecule has 9 nitrogen and oxygen atoms in total. The Hall–Kier alpha value is -2.19. The van der Waals surface area contributed by atoms with E-state index in [4.69, 9.17) is 0 Å². The van der Waals surface area contributed by atoms with E-state index in [9.17, 15) is 14.4 Å². The molecular formula is C5H9N3O6. The molecule has 0 rings (SSSR count). The van der Waals surface area contributed by atoms with E-state index in [-0.39, 0.29) is 6.61 Å². The van der Waals surface area contributed by atoms with Crippen molar-refractivity contribution in [1.82, 2.24) is 11.0 Å². The highest BCUT2D eigenvalue weighted by atomic mass is 16.9. The summed E-state index contributed by atoms with van der Waals surface area (Å²) in [6.45, 7) is 1.68. The number of urea groups is 1. The second-order valence-corrected chi connectivity index (χ2v) is 1.74. The summed E-state index contributed by atoms with van der Waals surface area (Å²) >= 11 is 0. The first-order valence-electron chi connectivity index (χ1n) is 3.42. The average Bonchev–Trinajstić information content (AvgIpc) is 2.12. The highest BCUT2D eigenvalue weighted by molar-refractivity contribution is 5.73. The van der Waals surface area contributed by atoms with E-state index in [2.05, 4.69) is 20.1 Å². The van der Waals surface area contributed by atoms with Gasteiger partial charge >= 0.3 is 18.3 Å². The van der Waals surface area contributed by atoms with Crippen LogP contribution in [0.5, 0.6) is 0 Å². The van der Waals surface area contributed by atoms with Crippen LogP contribution < -0.4 is 16.7 Å². The molecule has 9 heteroatoms. The molecule has 0 aromatic rings. The van der Waals surface area contributed by atoms with Crippen molar-refractivity contribution in [3.63, 3.8) is 0 Å². The standard InChI is InChI=1S/C5H9N3O6/c1-2-12-4(10)8-14-5(11)13-7-3(6)9/h2H2,1H3,(H,8,10)(H3,6,7,9). The molecule has 3 amide bonds. The van der Waals surface area contributed by atoms with Crippen LogP contribution in [0.25, 0.3) is 0 Å². The van der Waals surface area contributed by atoms with Gasteiger partial charge in [-0.2, -0.15) is 10.3 Å². The van der Waals surface area contributed by atoms with Gasteiger partial charge in [-0.15, -0.1) is 5.48 Å². The third-order valence-electron chi connectivity index (χ3n) is 0.728. The summed E-state index contributed by atoms with van der Waals surface area (Å²) in [5, 5.41) is 0. The number of amides is 3. The van der Waals surface area contributed by atoms with E-state index in [1.165, 1.54) is 5.48 Å². The number of hydrogen-bond donors (Lipinski definition) is 3. The molecule has 0 aromatic heterocycles. The Morgan fingerprint density at radius 3 is 2.29 bits per heavy atom. The van der Waals surface area contributed by atoms with Crippen LogP contribution in [0.1, 0.15) is 6.92 Å². The number of primary amides is 1. The van der Waals surface area contributed by atoms with Gasteiger partial charge in [0.05, 0.1) is 6.61 Å². The van der Waals surface area contributed by atoms with Crippen LogP contribution in [0.3, 0.4) is 0 Å². The molecule has 0 bridgehead atoms. The quantitative estimate of drug-likeness (QED) is 0.491. The van der Waals surface area contributed by atoms with Crippen LogP contribution in [-0.2, 0) is 14.4 Å². The number of hydrogen-bond acceptors (Lipinski definition) is 6. The van der Waals surface area contributed by atoms with Gasteiger partial charge in [-0.1, -0.05) is 0 Å². The highest BCUT2D eigenvalue weighted by Gasteiger charge is 2.08. The minimum Gasteiger partial charge on any atom is -0.448 e. The number of ether oxygens (including phenoxy) is 1. The smallest absolute Gasteiger partial charge is 0.448 e. The molecule has 4 N–H and O–H groups in total. The Balaban J connectivity index is 3.53. The van der Waals surface area contributed by atoms with Crippen LogP contribution in [0.2, 0.25) is 0 Å². The van der Waals surface area contributed by atoms with E-state index in [1.54, 1.807) is 12.4 Å². The second-order valence-electron chi connectivity index (χ2n) is 1.74. The molecule has 0 radical (unpaired) electrons. The Morgan fingerprint density at radius 1 is 1.21 bits per heavy atom. The summed E-state index contributed by atoms with van der Waals surface area (Å²) in [7, 11) is 0. The van der Waals surface area contributed by atoms with E-state index >= 15 is 0 Å². The molecule has 14 heavy (non-hydrogen) atoms. The number of nitrogens with two attached hydrogens (primary N) is 1. The van der Waals surface area contributed by atoms with E-state index in [0.29, 0.717) is 0 Å². The first-order valence-corrected chi connectivity index (χ1v) is 3.42. The SMILES string of the molecule is CCOC(=O)NOC(=O)ONC(N)=O. The Kier molecular flexibility index (Phi) is 5.35. The van der Waals surface area contributed by atoms with Crippen LogP contribution in [-0.4, -0.2) is 24.9 Å². The third kappa shape index (κ3) is 6.52. The van der Waals surface area contributed by atoms with Crippen molar-refractivity contribution in [1.29, 1.82) is 0 Å². The minimum absolute atomic E-state index is 0.115. The van der Waals surface area contributed by atoms with Crippen molar-refractivity contribution >= 4 is 18.3 Å². The van der Waals surface area contributed by atoms with Crippen LogP contribution in [0.15, 0.2) is 0 Å². The summed E-state index contributed by atoms with van der Waals surface area (Å²) in [5.41, 5.74) is 7.60. The largest absolute Gasteiger partial charge is 0.558 e. The van der Waals surface area contributed by atoms with Gasteiger partial charge in [0.2, 0.25) is 0 Å². The lowest BCUT2D eigenvalue weighted by Gasteiger charge is -2.04. The minimum atomic E-state index is -1.36. The maximum Gasteiger partial charge on any atom is 0.558 e. The van der Waals surface area contributed by atoms with Crippen molar-refractivity contribution < 1.29 is 28.8 Å². The lowest BCUT2D eigenvalue weighted by Crippen LogP contribution is -2.35. The fourth-order valence-corrected chi connectivity index (χ4v) is 0.357. The average molecular weight is 207 g/mol. The van der Waals surface area contributed by atoms with Crippen molar-refractivity contribution in [3.05, 3.63) is 0 Å². The molecule has 0 unspecified atom stereocenters. The first-order chi connectivity index (χ1) is 6.56. The lowest BCUT2D eigenvalue weighted by molar-refractivity contribution is -0.00469. The van der Waals surface area contributed by atoms with E-state index in [1.807, 2.05) is 0 Å². The monoisotopic (exact) mass is 207 g/mol. The van der Waals surface area contributed by atoms with Crippen molar-refractivity contribution in [2.45, 2.75) is 6.92 Å².